The van der Waals surface area contributed by atoms with E-state index in [1.165, 1.54) is 11.1 Å². The van der Waals surface area contributed by atoms with Gasteiger partial charge in [0.05, 0.1) is 16.8 Å². The lowest BCUT2D eigenvalue weighted by Crippen LogP contribution is -2.34. The molecule has 0 unspecified atom stereocenters. The maximum Gasteiger partial charge on any atom is 0.338 e. The average molecular weight is 422 g/mol. The first kappa shape index (κ1) is 19.9. The van der Waals surface area contributed by atoms with Crippen LogP contribution in [0.15, 0.2) is 24.0 Å². The van der Waals surface area contributed by atoms with Crippen molar-refractivity contribution in [1.82, 2.24) is 19.7 Å². The summed E-state index contributed by atoms with van der Waals surface area (Å²) in [7, 11) is 0. The molecule has 3 aliphatic heterocycles. The molecule has 0 N–H and O–H groups in total. The zero-order valence-electron chi connectivity index (χ0n) is 17.9. The number of aromatic nitrogens is 3. The molecule has 8 nitrogen and oxygen atoms in total. The molecule has 3 aliphatic rings. The molecule has 162 valence electrons. The number of carbonyl (C=O) groups is 2. The van der Waals surface area contributed by atoms with Crippen molar-refractivity contribution in [3.8, 4) is 0 Å². The van der Waals surface area contributed by atoms with Gasteiger partial charge in [0.25, 0.3) is 0 Å². The van der Waals surface area contributed by atoms with Crippen molar-refractivity contribution in [2.24, 2.45) is 0 Å². The van der Waals surface area contributed by atoms with Crippen LogP contribution < -0.4 is 0 Å². The van der Waals surface area contributed by atoms with Crippen LogP contribution in [0.5, 0.6) is 0 Å². The van der Waals surface area contributed by atoms with E-state index in [9.17, 15) is 9.59 Å². The van der Waals surface area contributed by atoms with E-state index in [4.69, 9.17) is 9.47 Å². The van der Waals surface area contributed by atoms with Gasteiger partial charge in [0.15, 0.2) is 5.82 Å². The van der Waals surface area contributed by atoms with E-state index < -0.39 is 0 Å². The van der Waals surface area contributed by atoms with Gasteiger partial charge in [-0.15, -0.1) is 0 Å². The van der Waals surface area contributed by atoms with Crippen LogP contribution in [0.1, 0.15) is 58.6 Å². The lowest BCUT2D eigenvalue weighted by molar-refractivity contribution is -0.135. The van der Waals surface area contributed by atoms with Gasteiger partial charge >= 0.3 is 11.9 Å². The third-order valence-electron chi connectivity index (χ3n) is 6.79. The first-order valence-corrected chi connectivity index (χ1v) is 10.8. The highest BCUT2D eigenvalue weighted by molar-refractivity contribution is 5.97. The fraction of sp³-hybridized carbons (Fsp3) is 0.478. The monoisotopic (exact) mass is 422 g/mol. The Morgan fingerprint density at radius 1 is 1.06 bits per heavy atom. The summed E-state index contributed by atoms with van der Waals surface area (Å²) in [5.74, 6) is 0.694. The van der Waals surface area contributed by atoms with E-state index in [-0.39, 0.29) is 18.5 Å². The minimum atomic E-state index is -0.280. The molecule has 8 heteroatoms. The molecule has 5 rings (SSSR count). The van der Waals surface area contributed by atoms with Crippen LogP contribution in [0.25, 0.3) is 5.70 Å². The minimum absolute atomic E-state index is 0.207. The highest BCUT2D eigenvalue weighted by atomic mass is 16.5. The third-order valence-corrected chi connectivity index (χ3v) is 6.79. The summed E-state index contributed by atoms with van der Waals surface area (Å²) in [6.45, 7) is 7.52. The molecule has 0 spiro atoms. The number of carbonyl (C=O) groups excluding carboxylic acids is 2. The fourth-order valence-electron chi connectivity index (χ4n) is 4.66. The van der Waals surface area contributed by atoms with E-state index in [1.807, 2.05) is 6.07 Å². The van der Waals surface area contributed by atoms with Crippen LogP contribution in [0.3, 0.4) is 0 Å². The van der Waals surface area contributed by atoms with E-state index in [1.54, 1.807) is 17.9 Å². The van der Waals surface area contributed by atoms with Gasteiger partial charge in [0.2, 0.25) is 0 Å². The number of rotatable bonds is 5. The van der Waals surface area contributed by atoms with E-state index in [0.717, 1.165) is 56.0 Å². The maximum absolute atomic E-state index is 11.7. The molecule has 2 aromatic rings. The quantitative estimate of drug-likeness (QED) is 0.684. The number of ether oxygens (including phenoxy) is 2. The Labute approximate surface area is 180 Å². The molecule has 1 saturated heterocycles. The van der Waals surface area contributed by atoms with Gasteiger partial charge in [-0.3, -0.25) is 0 Å². The Hall–Kier alpha value is -3.00. The first-order valence-electron chi connectivity index (χ1n) is 10.8. The molecule has 31 heavy (non-hydrogen) atoms. The lowest BCUT2D eigenvalue weighted by atomic mass is 9.94. The topological polar surface area (TPSA) is 86.6 Å². The molecule has 0 bridgehead atoms. The van der Waals surface area contributed by atoms with Crippen molar-refractivity contribution in [3.63, 3.8) is 0 Å². The Bertz CT molecular complexity index is 1080. The molecule has 0 atom stereocenters. The number of likely N-dealkylation sites (tertiary alicyclic amines) is 1. The second-order valence-electron chi connectivity index (χ2n) is 8.51. The van der Waals surface area contributed by atoms with Crippen LogP contribution in [-0.4, -0.2) is 57.8 Å². The van der Waals surface area contributed by atoms with Crippen molar-refractivity contribution in [2.45, 2.75) is 45.6 Å². The first-order chi connectivity index (χ1) is 15.0. The largest absolute Gasteiger partial charge is 0.457 e. The molecule has 1 aromatic heterocycles. The molecule has 0 amide bonds. The molecule has 4 heterocycles. The van der Waals surface area contributed by atoms with Crippen LogP contribution in [0.2, 0.25) is 0 Å². The van der Waals surface area contributed by atoms with Crippen molar-refractivity contribution in [3.05, 3.63) is 52.1 Å². The molecular formula is C23H26N4O4. The second-order valence-corrected chi connectivity index (χ2v) is 8.51. The highest BCUT2D eigenvalue weighted by Gasteiger charge is 2.27. The molecule has 0 saturated carbocycles. The molecular weight excluding hydrogens is 396 g/mol. The number of esters is 2. The Balaban J connectivity index is 1.17. The summed E-state index contributed by atoms with van der Waals surface area (Å²) >= 11 is 0. The second kappa shape index (κ2) is 7.92. The maximum atomic E-state index is 11.7. The van der Waals surface area contributed by atoms with Gasteiger partial charge in [-0.05, 0) is 63.4 Å². The number of piperidine rings is 1. The summed E-state index contributed by atoms with van der Waals surface area (Å²) in [5, 5.41) is 4.63. The number of benzene rings is 1. The predicted octanol–water partition coefficient (Wildman–Crippen LogP) is 2.47. The number of fused-ring (bicyclic) bond motifs is 1. The summed E-state index contributed by atoms with van der Waals surface area (Å²) in [6.07, 6.45) is 4.69. The van der Waals surface area contributed by atoms with Gasteiger partial charge in [-0.1, -0.05) is 6.07 Å². The summed E-state index contributed by atoms with van der Waals surface area (Å²) in [4.78, 5) is 30.3. The number of cyclic esters (lactones) is 2. The third kappa shape index (κ3) is 3.65. The molecule has 0 aliphatic carbocycles. The van der Waals surface area contributed by atoms with Gasteiger partial charge in [-0.2, -0.15) is 5.10 Å². The zero-order valence-corrected chi connectivity index (χ0v) is 17.9. The number of hydrogen-bond donors (Lipinski definition) is 0. The summed E-state index contributed by atoms with van der Waals surface area (Å²) in [6, 6.07) is 3.97. The summed E-state index contributed by atoms with van der Waals surface area (Å²) < 4.78 is 11.9. The van der Waals surface area contributed by atoms with Crippen LogP contribution in [0, 0.1) is 6.92 Å². The SMILES string of the molecule is CC1=C(n2cnc(C3CCN(CCc4ccc5c(c4C)COC5=O)CC3)n2)COC1=O. The van der Waals surface area contributed by atoms with Gasteiger partial charge in [-0.25, -0.2) is 19.3 Å². The van der Waals surface area contributed by atoms with Crippen molar-refractivity contribution >= 4 is 17.6 Å². The zero-order chi connectivity index (χ0) is 21.5. The van der Waals surface area contributed by atoms with E-state index in [0.29, 0.717) is 23.7 Å². The average Bonchev–Trinajstić information content (AvgIpc) is 3.49. The Morgan fingerprint density at radius 3 is 2.58 bits per heavy atom. The van der Waals surface area contributed by atoms with Crippen molar-refractivity contribution < 1.29 is 19.1 Å². The van der Waals surface area contributed by atoms with Gasteiger partial charge in [0, 0.05) is 18.0 Å². The molecule has 1 aromatic carbocycles. The van der Waals surface area contributed by atoms with Crippen molar-refractivity contribution in [2.75, 3.05) is 26.2 Å². The standard InChI is InChI=1S/C23H26N4O4/c1-14-16(3-4-18-19(14)11-30-23(18)29)5-8-26-9-6-17(7-10-26)21-24-13-27(25-21)20-12-31-22(28)15(20)2/h3-4,13,17H,5-12H2,1-2H3. The molecule has 0 radical (unpaired) electrons. The van der Waals surface area contributed by atoms with Crippen molar-refractivity contribution in [1.29, 1.82) is 0 Å². The van der Waals surface area contributed by atoms with E-state index in [2.05, 4.69) is 28.0 Å². The highest BCUT2D eigenvalue weighted by Crippen LogP contribution is 2.29. The predicted molar refractivity (Wildman–Crippen MR) is 112 cm³/mol. The fourth-order valence-corrected chi connectivity index (χ4v) is 4.66. The lowest BCUT2D eigenvalue weighted by Gasteiger charge is -2.30. The number of hydrogen-bond acceptors (Lipinski definition) is 7. The normalized spacial score (nSPS) is 19.7. The van der Waals surface area contributed by atoms with Crippen LogP contribution in [0.4, 0.5) is 0 Å². The van der Waals surface area contributed by atoms with Gasteiger partial charge in [0.1, 0.15) is 19.5 Å². The molecule has 1 fully saturated rings. The number of nitrogens with zero attached hydrogens (tertiary/aromatic N) is 4. The summed E-state index contributed by atoms with van der Waals surface area (Å²) in [5.41, 5.74) is 5.61. The van der Waals surface area contributed by atoms with E-state index >= 15 is 0 Å². The Kier molecular flexibility index (Phi) is 5.09. The Morgan fingerprint density at radius 2 is 1.84 bits per heavy atom. The van der Waals surface area contributed by atoms with Crippen LogP contribution >= 0.6 is 0 Å². The minimum Gasteiger partial charge on any atom is -0.457 e. The van der Waals surface area contributed by atoms with Gasteiger partial charge < -0.3 is 14.4 Å². The van der Waals surface area contributed by atoms with Crippen LogP contribution in [-0.2, 0) is 27.3 Å². The smallest absolute Gasteiger partial charge is 0.338 e.